The third-order valence-corrected chi connectivity index (χ3v) is 3.65. The molecule has 1 saturated carbocycles. The number of nitrogens with one attached hydrogen (secondary N) is 1. The first-order valence-corrected chi connectivity index (χ1v) is 7.52. The number of carbonyl (C=O) groups is 1. The Morgan fingerprint density at radius 1 is 1.26 bits per heavy atom. The number of hydrogen-bond acceptors (Lipinski definition) is 4. The highest BCUT2D eigenvalue weighted by Crippen LogP contribution is 2.25. The summed E-state index contributed by atoms with van der Waals surface area (Å²) < 4.78 is 10.8. The highest BCUT2D eigenvalue weighted by molar-refractivity contribution is 5.72. The molecule has 0 aromatic heterocycles. The van der Waals surface area contributed by atoms with Gasteiger partial charge in [0.05, 0.1) is 18.1 Å². The third-order valence-electron chi connectivity index (χ3n) is 3.65. The first-order chi connectivity index (χ1) is 8.98. The molecule has 0 aromatic carbocycles. The normalized spacial score (nSPS) is 24.2. The van der Waals surface area contributed by atoms with Crippen LogP contribution in [0.5, 0.6) is 0 Å². The summed E-state index contributed by atoms with van der Waals surface area (Å²) in [7, 11) is 0. The van der Waals surface area contributed by atoms with E-state index in [1.54, 1.807) is 0 Å². The molecule has 0 aromatic rings. The van der Waals surface area contributed by atoms with Crippen molar-refractivity contribution in [2.45, 2.75) is 65.0 Å². The summed E-state index contributed by atoms with van der Waals surface area (Å²) in [6, 6.07) is 0.405. The van der Waals surface area contributed by atoms with Crippen LogP contribution in [0.2, 0.25) is 0 Å². The molecule has 1 aliphatic rings. The lowest BCUT2D eigenvalue weighted by molar-refractivity contribution is -0.149. The number of hydrogen-bond donors (Lipinski definition) is 1. The van der Waals surface area contributed by atoms with Crippen LogP contribution >= 0.6 is 0 Å². The molecule has 0 spiro atoms. The van der Waals surface area contributed by atoms with Crippen molar-refractivity contribution >= 4 is 5.97 Å². The molecule has 4 heteroatoms. The molecule has 4 nitrogen and oxygen atoms in total. The molecule has 0 saturated heterocycles. The van der Waals surface area contributed by atoms with Crippen molar-refractivity contribution in [1.29, 1.82) is 0 Å². The summed E-state index contributed by atoms with van der Waals surface area (Å²) in [4.78, 5) is 11.8. The van der Waals surface area contributed by atoms with Gasteiger partial charge in [-0.15, -0.1) is 0 Å². The summed E-state index contributed by atoms with van der Waals surface area (Å²) in [5.74, 6) is 0.0412. The topological polar surface area (TPSA) is 47.6 Å². The Labute approximate surface area is 117 Å². The van der Waals surface area contributed by atoms with E-state index in [4.69, 9.17) is 9.47 Å². The molecule has 1 aliphatic carbocycles. The molecule has 0 aliphatic heterocycles. The van der Waals surface area contributed by atoms with Gasteiger partial charge >= 0.3 is 5.97 Å². The second kappa shape index (κ2) is 7.85. The van der Waals surface area contributed by atoms with Crippen LogP contribution in [0.25, 0.3) is 0 Å². The van der Waals surface area contributed by atoms with Crippen molar-refractivity contribution in [2.75, 3.05) is 19.8 Å². The van der Waals surface area contributed by atoms with Crippen molar-refractivity contribution in [3.63, 3.8) is 0 Å². The van der Waals surface area contributed by atoms with E-state index in [2.05, 4.69) is 19.2 Å². The monoisotopic (exact) mass is 271 g/mol. The minimum Gasteiger partial charge on any atom is -0.466 e. The smallest absolute Gasteiger partial charge is 0.308 e. The Bertz CT molecular complexity index is 279. The van der Waals surface area contributed by atoms with Crippen molar-refractivity contribution in [2.24, 2.45) is 5.92 Å². The van der Waals surface area contributed by atoms with Gasteiger partial charge in [-0.3, -0.25) is 4.79 Å². The van der Waals surface area contributed by atoms with Gasteiger partial charge in [0.2, 0.25) is 0 Å². The molecule has 0 amide bonds. The van der Waals surface area contributed by atoms with Crippen LogP contribution in [0.15, 0.2) is 0 Å². The average Bonchev–Trinajstić information content (AvgIpc) is 2.37. The van der Waals surface area contributed by atoms with Crippen molar-refractivity contribution in [1.82, 2.24) is 5.32 Å². The van der Waals surface area contributed by atoms with Crippen LogP contribution in [0.1, 0.15) is 53.4 Å². The standard InChI is InChI=1S/C15H29NO3/c1-5-18-14(17)12-8-7-9-13(10-12)16-11-15(3,4)19-6-2/h12-13,16H,5-11H2,1-4H3. The van der Waals surface area contributed by atoms with E-state index in [1.165, 1.54) is 0 Å². The molecule has 112 valence electrons. The zero-order valence-corrected chi connectivity index (χ0v) is 12.8. The number of ether oxygens (including phenoxy) is 2. The maximum atomic E-state index is 11.8. The molecule has 0 bridgehead atoms. The Morgan fingerprint density at radius 2 is 2.00 bits per heavy atom. The van der Waals surface area contributed by atoms with Gasteiger partial charge < -0.3 is 14.8 Å². The van der Waals surface area contributed by atoms with Gasteiger partial charge in [-0.2, -0.15) is 0 Å². The molecular weight excluding hydrogens is 242 g/mol. The fraction of sp³-hybridized carbons (Fsp3) is 0.933. The van der Waals surface area contributed by atoms with E-state index in [1.807, 2.05) is 13.8 Å². The van der Waals surface area contributed by atoms with Crippen molar-refractivity contribution in [3.8, 4) is 0 Å². The van der Waals surface area contributed by atoms with Gasteiger partial charge in [0.25, 0.3) is 0 Å². The lowest BCUT2D eigenvalue weighted by atomic mass is 9.85. The Balaban J connectivity index is 2.36. The predicted octanol–water partition coefficient (Wildman–Crippen LogP) is 2.51. The predicted molar refractivity (Wildman–Crippen MR) is 76.1 cm³/mol. The van der Waals surface area contributed by atoms with Crippen molar-refractivity contribution in [3.05, 3.63) is 0 Å². The van der Waals surface area contributed by atoms with E-state index in [9.17, 15) is 4.79 Å². The van der Waals surface area contributed by atoms with Crippen LogP contribution in [0, 0.1) is 5.92 Å². The Morgan fingerprint density at radius 3 is 2.63 bits per heavy atom. The lowest BCUT2D eigenvalue weighted by Gasteiger charge is -2.32. The molecular formula is C15H29NO3. The van der Waals surface area contributed by atoms with E-state index in [0.29, 0.717) is 12.6 Å². The van der Waals surface area contributed by atoms with Gasteiger partial charge in [-0.05, 0) is 47.0 Å². The third kappa shape index (κ3) is 5.91. The summed E-state index contributed by atoms with van der Waals surface area (Å²) in [5.41, 5.74) is -0.147. The molecule has 0 radical (unpaired) electrons. The van der Waals surface area contributed by atoms with Crippen molar-refractivity contribution < 1.29 is 14.3 Å². The second-order valence-electron chi connectivity index (χ2n) is 5.89. The first kappa shape index (κ1) is 16.4. The highest BCUT2D eigenvalue weighted by Gasteiger charge is 2.29. The molecule has 1 rings (SSSR count). The van der Waals surface area contributed by atoms with Gasteiger partial charge in [0, 0.05) is 19.2 Å². The van der Waals surface area contributed by atoms with E-state index < -0.39 is 0 Å². The van der Waals surface area contributed by atoms with Crippen LogP contribution in [-0.4, -0.2) is 37.4 Å². The average molecular weight is 271 g/mol. The Hall–Kier alpha value is -0.610. The first-order valence-electron chi connectivity index (χ1n) is 7.52. The maximum absolute atomic E-state index is 11.8. The zero-order chi connectivity index (χ0) is 14.3. The SMILES string of the molecule is CCOC(=O)C1CCCC(NCC(C)(C)OCC)C1. The van der Waals surface area contributed by atoms with Gasteiger partial charge in [0.1, 0.15) is 0 Å². The summed E-state index contributed by atoms with van der Waals surface area (Å²) in [6.07, 6.45) is 4.08. The van der Waals surface area contributed by atoms with Gasteiger partial charge in [-0.25, -0.2) is 0 Å². The van der Waals surface area contributed by atoms with E-state index in [-0.39, 0.29) is 17.5 Å². The van der Waals surface area contributed by atoms with Gasteiger partial charge in [-0.1, -0.05) is 6.42 Å². The minimum atomic E-state index is -0.147. The molecule has 2 atom stereocenters. The fourth-order valence-corrected chi connectivity index (χ4v) is 2.68. The molecule has 1 N–H and O–H groups in total. The lowest BCUT2D eigenvalue weighted by Crippen LogP contribution is -2.45. The maximum Gasteiger partial charge on any atom is 0.308 e. The molecule has 1 fully saturated rings. The number of carbonyl (C=O) groups excluding carboxylic acids is 1. The van der Waals surface area contributed by atoms with Crippen LogP contribution in [0.4, 0.5) is 0 Å². The molecule has 2 unspecified atom stereocenters. The van der Waals surface area contributed by atoms with Crippen LogP contribution in [-0.2, 0) is 14.3 Å². The fourth-order valence-electron chi connectivity index (χ4n) is 2.68. The van der Waals surface area contributed by atoms with Gasteiger partial charge in [0.15, 0.2) is 0 Å². The number of rotatable bonds is 7. The molecule has 19 heavy (non-hydrogen) atoms. The summed E-state index contributed by atoms with van der Waals surface area (Å²) in [5, 5.41) is 3.54. The van der Waals surface area contributed by atoms with E-state index >= 15 is 0 Å². The highest BCUT2D eigenvalue weighted by atomic mass is 16.5. The zero-order valence-electron chi connectivity index (χ0n) is 12.8. The van der Waals surface area contributed by atoms with E-state index in [0.717, 1.165) is 38.8 Å². The number of esters is 1. The largest absolute Gasteiger partial charge is 0.466 e. The molecule has 0 heterocycles. The van der Waals surface area contributed by atoms with Crippen LogP contribution < -0.4 is 5.32 Å². The second-order valence-corrected chi connectivity index (χ2v) is 5.89. The van der Waals surface area contributed by atoms with Crippen LogP contribution in [0.3, 0.4) is 0 Å². The summed E-state index contributed by atoms with van der Waals surface area (Å²) >= 11 is 0. The summed E-state index contributed by atoms with van der Waals surface area (Å²) in [6.45, 7) is 10.1. The minimum absolute atomic E-state index is 0.0296. The quantitative estimate of drug-likeness (QED) is 0.723. The Kier molecular flexibility index (Phi) is 6.80.